The molecule has 1 aliphatic rings. The zero-order valence-corrected chi connectivity index (χ0v) is 20.2. The molecule has 5 nitrogen and oxygen atoms in total. The number of hydrogen-bond acceptors (Lipinski definition) is 4. The van der Waals surface area contributed by atoms with E-state index in [1.165, 1.54) is 11.1 Å². The number of nitrogens with zero attached hydrogens (tertiary/aromatic N) is 2. The maximum Gasteiger partial charge on any atom is 0.309 e. The van der Waals surface area contributed by atoms with Gasteiger partial charge < -0.3 is 14.2 Å². The Hall–Kier alpha value is -2.60. The predicted molar refractivity (Wildman–Crippen MR) is 129 cm³/mol. The van der Waals surface area contributed by atoms with Crippen molar-refractivity contribution in [3.63, 3.8) is 0 Å². The lowest BCUT2D eigenvalue weighted by Crippen LogP contribution is -2.41. The zero-order valence-electron chi connectivity index (χ0n) is 19.4. The Labute approximate surface area is 194 Å². The third kappa shape index (κ3) is 4.60. The van der Waals surface area contributed by atoms with Gasteiger partial charge in [0.05, 0.1) is 22.7 Å². The van der Waals surface area contributed by atoms with E-state index in [1.807, 2.05) is 17.9 Å². The molecule has 0 spiro atoms. The molecule has 6 heteroatoms. The number of aromatic nitrogens is 1. The number of esters is 1. The molecule has 1 amide bonds. The van der Waals surface area contributed by atoms with Crippen LogP contribution in [0.5, 0.6) is 0 Å². The lowest BCUT2D eigenvalue weighted by Gasteiger charge is -2.31. The van der Waals surface area contributed by atoms with Gasteiger partial charge in [-0.25, -0.2) is 0 Å². The highest BCUT2D eigenvalue weighted by atomic mass is 32.1. The molecule has 4 rings (SSSR count). The number of carbonyl (C=O) groups is 2. The normalized spacial score (nSPS) is 15.3. The topological polar surface area (TPSA) is 51.5 Å². The third-order valence-corrected chi connectivity index (χ3v) is 7.16. The number of benzene rings is 1. The SMILES string of the molecule is CCOC(=O)C1CCN(C(=O)c2cc3sccc3n2Cc2ccc(C(C)(C)C)cc2)CC1. The van der Waals surface area contributed by atoms with E-state index in [4.69, 9.17) is 4.74 Å². The minimum atomic E-state index is -0.137. The Bertz CT molecular complexity index is 1100. The summed E-state index contributed by atoms with van der Waals surface area (Å²) in [5.74, 6) is -0.195. The van der Waals surface area contributed by atoms with Crippen LogP contribution in [0.3, 0.4) is 0 Å². The van der Waals surface area contributed by atoms with Crippen molar-refractivity contribution >= 4 is 33.4 Å². The number of rotatable bonds is 5. The fourth-order valence-corrected chi connectivity index (χ4v) is 5.18. The van der Waals surface area contributed by atoms with Gasteiger partial charge in [0.1, 0.15) is 5.69 Å². The number of ether oxygens (including phenoxy) is 1. The summed E-state index contributed by atoms with van der Waals surface area (Å²) in [4.78, 5) is 27.4. The highest BCUT2D eigenvalue weighted by molar-refractivity contribution is 7.17. The van der Waals surface area contributed by atoms with Crippen molar-refractivity contribution in [3.8, 4) is 0 Å². The number of piperidine rings is 1. The lowest BCUT2D eigenvalue weighted by atomic mass is 9.87. The summed E-state index contributed by atoms with van der Waals surface area (Å²) in [6, 6.07) is 12.8. The molecular formula is C26H32N2O3S. The van der Waals surface area contributed by atoms with Crippen LogP contribution in [0.15, 0.2) is 41.8 Å². The van der Waals surface area contributed by atoms with E-state index in [-0.39, 0.29) is 23.2 Å². The highest BCUT2D eigenvalue weighted by Gasteiger charge is 2.30. The molecule has 0 N–H and O–H groups in total. The van der Waals surface area contributed by atoms with Crippen LogP contribution in [0.25, 0.3) is 10.2 Å². The molecule has 0 saturated carbocycles. The minimum Gasteiger partial charge on any atom is -0.466 e. The van der Waals surface area contributed by atoms with E-state index in [1.54, 1.807) is 11.3 Å². The van der Waals surface area contributed by atoms with Crippen molar-refractivity contribution in [3.05, 3.63) is 58.6 Å². The van der Waals surface area contributed by atoms with E-state index in [9.17, 15) is 9.59 Å². The van der Waals surface area contributed by atoms with Crippen LogP contribution < -0.4 is 0 Å². The third-order valence-electron chi connectivity index (χ3n) is 6.30. The Morgan fingerprint density at radius 1 is 1.09 bits per heavy atom. The van der Waals surface area contributed by atoms with Crippen molar-refractivity contribution in [1.29, 1.82) is 0 Å². The number of hydrogen-bond donors (Lipinski definition) is 0. The van der Waals surface area contributed by atoms with Crippen molar-refractivity contribution in [1.82, 2.24) is 9.47 Å². The highest BCUT2D eigenvalue weighted by Crippen LogP contribution is 2.29. The standard InChI is InChI=1S/C26H32N2O3S/c1-5-31-25(30)19-10-13-27(14-11-19)24(29)22-16-23-21(12-15-32-23)28(22)17-18-6-8-20(9-7-18)26(2,3)4/h6-9,12,15-16,19H,5,10-11,13-14,17H2,1-4H3. The van der Waals surface area contributed by atoms with Gasteiger partial charge in [-0.1, -0.05) is 45.0 Å². The summed E-state index contributed by atoms with van der Waals surface area (Å²) in [6.07, 6.45) is 1.32. The Balaban J connectivity index is 1.54. The van der Waals surface area contributed by atoms with Crippen LogP contribution in [-0.2, 0) is 21.5 Å². The van der Waals surface area contributed by atoms with Crippen LogP contribution in [0.1, 0.15) is 62.2 Å². The number of carbonyl (C=O) groups excluding carboxylic acids is 2. The second-order valence-corrected chi connectivity index (χ2v) is 10.5. The molecule has 0 atom stereocenters. The molecule has 0 radical (unpaired) electrons. The summed E-state index contributed by atoms with van der Waals surface area (Å²) >= 11 is 1.66. The molecule has 170 valence electrons. The number of likely N-dealkylation sites (tertiary alicyclic amines) is 1. The summed E-state index contributed by atoms with van der Waals surface area (Å²) < 4.78 is 8.42. The largest absolute Gasteiger partial charge is 0.466 e. The number of thiophene rings is 1. The van der Waals surface area contributed by atoms with Gasteiger partial charge in [0.25, 0.3) is 5.91 Å². The second-order valence-electron chi connectivity index (χ2n) is 9.55. The first-order valence-corrected chi connectivity index (χ1v) is 12.3. The van der Waals surface area contributed by atoms with Crippen molar-refractivity contribution in [2.24, 2.45) is 5.92 Å². The van der Waals surface area contributed by atoms with E-state index < -0.39 is 0 Å². The van der Waals surface area contributed by atoms with Gasteiger partial charge in [0.15, 0.2) is 0 Å². The molecule has 0 bridgehead atoms. The molecule has 32 heavy (non-hydrogen) atoms. The lowest BCUT2D eigenvalue weighted by molar-refractivity contribution is -0.149. The van der Waals surface area contributed by atoms with Crippen molar-refractivity contribution in [2.45, 2.75) is 52.5 Å². The Kier molecular flexibility index (Phi) is 6.42. The minimum absolute atomic E-state index is 0.0435. The summed E-state index contributed by atoms with van der Waals surface area (Å²) in [5, 5.41) is 2.07. The van der Waals surface area contributed by atoms with Crippen LogP contribution in [-0.4, -0.2) is 41.0 Å². The van der Waals surface area contributed by atoms with Gasteiger partial charge >= 0.3 is 5.97 Å². The maximum atomic E-state index is 13.5. The predicted octanol–water partition coefficient (Wildman–Crippen LogP) is 5.46. The summed E-state index contributed by atoms with van der Waals surface area (Å²) in [6.45, 7) is 10.7. The molecule has 2 aromatic heterocycles. The molecule has 1 saturated heterocycles. The molecule has 3 aromatic rings. The maximum absolute atomic E-state index is 13.5. The first kappa shape index (κ1) is 22.6. The van der Waals surface area contributed by atoms with Crippen LogP contribution >= 0.6 is 11.3 Å². The Morgan fingerprint density at radius 3 is 2.41 bits per heavy atom. The molecular weight excluding hydrogens is 420 g/mol. The van der Waals surface area contributed by atoms with E-state index >= 15 is 0 Å². The molecule has 1 aliphatic heterocycles. The fraction of sp³-hybridized carbons (Fsp3) is 0.462. The van der Waals surface area contributed by atoms with Gasteiger partial charge in [-0.15, -0.1) is 11.3 Å². The average molecular weight is 453 g/mol. The van der Waals surface area contributed by atoms with Crippen LogP contribution in [0.4, 0.5) is 0 Å². The van der Waals surface area contributed by atoms with Gasteiger partial charge in [0.2, 0.25) is 0 Å². The monoisotopic (exact) mass is 452 g/mol. The first-order valence-electron chi connectivity index (χ1n) is 11.4. The quantitative estimate of drug-likeness (QED) is 0.483. The number of amides is 1. The van der Waals surface area contributed by atoms with Crippen molar-refractivity contribution in [2.75, 3.05) is 19.7 Å². The van der Waals surface area contributed by atoms with E-state index in [2.05, 4.69) is 61.1 Å². The summed E-state index contributed by atoms with van der Waals surface area (Å²) in [5.41, 5.74) is 4.41. The molecule has 1 fully saturated rings. The fourth-order valence-electron chi connectivity index (χ4n) is 4.36. The van der Waals surface area contributed by atoms with Crippen molar-refractivity contribution < 1.29 is 14.3 Å². The van der Waals surface area contributed by atoms with Gasteiger partial charge in [-0.3, -0.25) is 9.59 Å². The van der Waals surface area contributed by atoms with Gasteiger partial charge in [-0.2, -0.15) is 0 Å². The zero-order chi connectivity index (χ0) is 22.9. The molecule has 1 aromatic carbocycles. The molecule has 0 aliphatic carbocycles. The van der Waals surface area contributed by atoms with Crippen LogP contribution in [0, 0.1) is 5.92 Å². The first-order chi connectivity index (χ1) is 15.3. The van der Waals surface area contributed by atoms with Crippen LogP contribution in [0.2, 0.25) is 0 Å². The van der Waals surface area contributed by atoms with Gasteiger partial charge in [0, 0.05) is 19.6 Å². The van der Waals surface area contributed by atoms with E-state index in [0.717, 1.165) is 15.9 Å². The molecule has 0 unspecified atom stereocenters. The average Bonchev–Trinajstić information content (AvgIpc) is 3.36. The second kappa shape index (κ2) is 9.10. The number of fused-ring (bicyclic) bond motifs is 1. The Morgan fingerprint density at radius 2 is 1.78 bits per heavy atom. The smallest absolute Gasteiger partial charge is 0.309 e. The van der Waals surface area contributed by atoms with Gasteiger partial charge in [-0.05, 0) is 53.8 Å². The van der Waals surface area contributed by atoms with E-state index in [0.29, 0.717) is 39.1 Å². The molecule has 3 heterocycles. The summed E-state index contributed by atoms with van der Waals surface area (Å²) in [7, 11) is 0.